The third-order valence-electron chi connectivity index (χ3n) is 3.51. The van der Waals surface area contributed by atoms with Gasteiger partial charge in [-0.05, 0) is 23.8 Å². The molecule has 16 heavy (non-hydrogen) atoms. The topological polar surface area (TPSA) is 24.5 Å². The van der Waals surface area contributed by atoms with Crippen LogP contribution in [0.15, 0.2) is 18.2 Å². The van der Waals surface area contributed by atoms with Crippen LogP contribution in [0.4, 0.5) is 5.69 Å². The molecule has 0 aliphatic carbocycles. The van der Waals surface area contributed by atoms with E-state index in [2.05, 4.69) is 35.5 Å². The number of anilines is 1. The number of hydrogen-bond donors (Lipinski definition) is 1. The molecule has 1 fully saturated rings. The maximum Gasteiger partial charge on any atom is 0.122 e. The Labute approximate surface area is 96.4 Å². The predicted octanol–water partition coefficient (Wildman–Crippen LogP) is 1.28. The van der Waals surface area contributed by atoms with Crippen molar-refractivity contribution < 1.29 is 4.74 Å². The van der Waals surface area contributed by atoms with Crippen molar-refractivity contribution in [3.05, 3.63) is 23.8 Å². The van der Waals surface area contributed by atoms with Crippen LogP contribution in [0.1, 0.15) is 5.56 Å². The van der Waals surface area contributed by atoms with E-state index in [1.54, 1.807) is 0 Å². The van der Waals surface area contributed by atoms with Crippen LogP contribution < -0.4 is 15.0 Å². The van der Waals surface area contributed by atoms with Crippen molar-refractivity contribution in [2.75, 3.05) is 38.2 Å². The van der Waals surface area contributed by atoms with Gasteiger partial charge in [0, 0.05) is 44.7 Å². The molecule has 3 nitrogen and oxygen atoms in total. The van der Waals surface area contributed by atoms with Gasteiger partial charge in [-0.3, -0.25) is 0 Å². The van der Waals surface area contributed by atoms with E-state index >= 15 is 0 Å². The monoisotopic (exact) mass is 218 g/mol. The van der Waals surface area contributed by atoms with E-state index in [9.17, 15) is 0 Å². The highest BCUT2D eigenvalue weighted by atomic mass is 16.5. The molecule has 1 aromatic carbocycles. The standard InChI is InChI=1S/C13H18N2O/c1-15(9-10-7-14-8-10)12-2-3-13-11(6-12)4-5-16-13/h2-3,6,10,14H,4-5,7-9H2,1H3. The van der Waals surface area contributed by atoms with Crippen molar-refractivity contribution in [2.24, 2.45) is 5.92 Å². The molecule has 1 N–H and O–H groups in total. The van der Waals surface area contributed by atoms with Gasteiger partial charge in [0.1, 0.15) is 5.75 Å². The first-order chi connectivity index (χ1) is 7.83. The number of nitrogens with zero attached hydrogens (tertiary/aromatic N) is 1. The molecule has 0 amide bonds. The highest BCUT2D eigenvalue weighted by Crippen LogP contribution is 2.29. The lowest BCUT2D eigenvalue weighted by molar-refractivity contribution is 0.352. The molecule has 1 aromatic rings. The summed E-state index contributed by atoms with van der Waals surface area (Å²) in [7, 11) is 2.18. The second-order valence-corrected chi connectivity index (χ2v) is 4.80. The van der Waals surface area contributed by atoms with Crippen molar-refractivity contribution in [1.29, 1.82) is 0 Å². The second-order valence-electron chi connectivity index (χ2n) is 4.80. The van der Waals surface area contributed by atoms with Gasteiger partial charge in [0.25, 0.3) is 0 Å². The van der Waals surface area contributed by atoms with E-state index in [-0.39, 0.29) is 0 Å². The number of nitrogens with one attached hydrogen (secondary N) is 1. The van der Waals surface area contributed by atoms with E-state index in [1.165, 1.54) is 24.3 Å². The SMILES string of the molecule is CN(CC1CNC1)c1ccc2c(c1)CCO2. The summed E-state index contributed by atoms with van der Waals surface area (Å²) in [6.07, 6.45) is 1.06. The van der Waals surface area contributed by atoms with Gasteiger partial charge in [-0.1, -0.05) is 0 Å². The molecule has 0 unspecified atom stereocenters. The molecule has 3 heteroatoms. The smallest absolute Gasteiger partial charge is 0.122 e. The Morgan fingerprint density at radius 3 is 3.06 bits per heavy atom. The molecule has 86 valence electrons. The van der Waals surface area contributed by atoms with Crippen LogP contribution in [0, 0.1) is 5.92 Å². The van der Waals surface area contributed by atoms with Crippen LogP contribution in [0.25, 0.3) is 0 Å². The largest absolute Gasteiger partial charge is 0.493 e. The van der Waals surface area contributed by atoms with Crippen molar-refractivity contribution in [1.82, 2.24) is 5.32 Å². The fourth-order valence-electron chi connectivity index (χ4n) is 2.38. The molecule has 0 bridgehead atoms. The van der Waals surface area contributed by atoms with Crippen molar-refractivity contribution in [3.8, 4) is 5.75 Å². The van der Waals surface area contributed by atoms with Gasteiger partial charge in [-0.2, -0.15) is 0 Å². The van der Waals surface area contributed by atoms with Crippen molar-refractivity contribution >= 4 is 5.69 Å². The predicted molar refractivity (Wildman–Crippen MR) is 65.3 cm³/mol. The summed E-state index contributed by atoms with van der Waals surface area (Å²) < 4.78 is 5.52. The van der Waals surface area contributed by atoms with Gasteiger partial charge in [0.15, 0.2) is 0 Å². The number of hydrogen-bond acceptors (Lipinski definition) is 3. The lowest BCUT2D eigenvalue weighted by atomic mass is 10.0. The van der Waals surface area contributed by atoms with Crippen molar-refractivity contribution in [2.45, 2.75) is 6.42 Å². The normalized spacial score (nSPS) is 18.8. The van der Waals surface area contributed by atoms with Crippen LogP contribution in [0.5, 0.6) is 5.75 Å². The Hall–Kier alpha value is -1.22. The average molecular weight is 218 g/mol. The Kier molecular flexibility index (Phi) is 2.48. The highest BCUT2D eigenvalue weighted by Gasteiger charge is 2.19. The van der Waals surface area contributed by atoms with Crippen molar-refractivity contribution in [3.63, 3.8) is 0 Å². The van der Waals surface area contributed by atoms with E-state index in [0.717, 1.165) is 31.2 Å². The molecule has 0 atom stereocenters. The zero-order chi connectivity index (χ0) is 11.0. The Bertz CT molecular complexity index is 388. The third-order valence-corrected chi connectivity index (χ3v) is 3.51. The molecular formula is C13H18N2O. The first-order valence-electron chi connectivity index (χ1n) is 6.00. The summed E-state index contributed by atoms with van der Waals surface area (Å²) in [4.78, 5) is 2.35. The zero-order valence-electron chi connectivity index (χ0n) is 9.70. The molecule has 2 heterocycles. The summed E-state index contributed by atoms with van der Waals surface area (Å²) in [5, 5.41) is 3.31. The first-order valence-corrected chi connectivity index (χ1v) is 6.00. The van der Waals surface area contributed by atoms with Gasteiger partial charge in [-0.15, -0.1) is 0 Å². The molecular weight excluding hydrogens is 200 g/mol. The lowest BCUT2D eigenvalue weighted by Gasteiger charge is -2.32. The third kappa shape index (κ3) is 1.76. The minimum Gasteiger partial charge on any atom is -0.493 e. The number of rotatable bonds is 3. The minimum absolute atomic E-state index is 0.814. The van der Waals surface area contributed by atoms with E-state index < -0.39 is 0 Å². The molecule has 2 aliphatic rings. The van der Waals surface area contributed by atoms with E-state index in [4.69, 9.17) is 4.74 Å². The highest BCUT2D eigenvalue weighted by molar-refractivity contribution is 5.53. The van der Waals surface area contributed by atoms with Gasteiger partial charge in [0.2, 0.25) is 0 Å². The maximum absolute atomic E-state index is 5.52. The molecule has 0 spiro atoms. The van der Waals surface area contributed by atoms with Gasteiger partial charge >= 0.3 is 0 Å². The van der Waals surface area contributed by atoms with Crippen LogP contribution in [0.3, 0.4) is 0 Å². The average Bonchev–Trinajstić information content (AvgIpc) is 2.69. The van der Waals surface area contributed by atoms with Gasteiger partial charge < -0.3 is 15.0 Å². The fourth-order valence-corrected chi connectivity index (χ4v) is 2.38. The lowest BCUT2D eigenvalue weighted by Crippen LogP contribution is -2.47. The maximum atomic E-state index is 5.52. The molecule has 0 aromatic heterocycles. The summed E-state index contributed by atoms with van der Waals surface area (Å²) in [6.45, 7) is 4.32. The second kappa shape index (κ2) is 3.98. The number of benzene rings is 1. The molecule has 3 rings (SSSR count). The van der Waals surface area contributed by atoms with Crippen LogP contribution in [0.2, 0.25) is 0 Å². The van der Waals surface area contributed by atoms with Gasteiger partial charge in [0.05, 0.1) is 6.61 Å². The number of ether oxygens (including phenoxy) is 1. The van der Waals surface area contributed by atoms with Crippen LogP contribution in [-0.2, 0) is 6.42 Å². The summed E-state index contributed by atoms with van der Waals surface area (Å²) in [6, 6.07) is 6.54. The molecule has 0 saturated carbocycles. The number of fused-ring (bicyclic) bond motifs is 1. The van der Waals surface area contributed by atoms with Crippen LogP contribution in [-0.4, -0.2) is 33.3 Å². The summed E-state index contributed by atoms with van der Waals surface area (Å²) in [5.41, 5.74) is 2.67. The Balaban J connectivity index is 1.72. The fraction of sp³-hybridized carbons (Fsp3) is 0.538. The summed E-state index contributed by atoms with van der Waals surface area (Å²) in [5.74, 6) is 1.89. The quantitative estimate of drug-likeness (QED) is 0.827. The molecule has 2 aliphatic heterocycles. The zero-order valence-corrected chi connectivity index (χ0v) is 9.70. The van der Waals surface area contributed by atoms with E-state index in [1.807, 2.05) is 0 Å². The first kappa shape index (κ1) is 9.97. The molecule has 1 saturated heterocycles. The van der Waals surface area contributed by atoms with Gasteiger partial charge in [-0.25, -0.2) is 0 Å². The Morgan fingerprint density at radius 1 is 1.44 bits per heavy atom. The Morgan fingerprint density at radius 2 is 2.31 bits per heavy atom. The minimum atomic E-state index is 0.814. The molecule has 0 radical (unpaired) electrons. The van der Waals surface area contributed by atoms with E-state index in [0.29, 0.717) is 0 Å². The van der Waals surface area contributed by atoms with Crippen LogP contribution >= 0.6 is 0 Å². The summed E-state index contributed by atoms with van der Waals surface area (Å²) >= 11 is 0.